The molecule has 0 unspecified atom stereocenters. The summed E-state index contributed by atoms with van der Waals surface area (Å²) < 4.78 is 52.2. The van der Waals surface area contributed by atoms with Crippen molar-refractivity contribution in [3.05, 3.63) is 72.2 Å². The number of rotatable bonds is 7. The molecule has 0 bridgehead atoms. The smallest absolute Gasteiger partial charge is 0.262 e. The minimum atomic E-state index is -4.24. The monoisotopic (exact) mass is 431 g/mol. The summed E-state index contributed by atoms with van der Waals surface area (Å²) in [6.07, 6.45) is 1.49. The molecule has 3 rings (SSSR count). The van der Waals surface area contributed by atoms with Gasteiger partial charge in [-0.3, -0.25) is 9.52 Å². The summed E-state index contributed by atoms with van der Waals surface area (Å²) in [5.41, 5.74) is -0.330. The molecule has 0 fully saturated rings. The number of nitrogens with one attached hydrogen (secondary N) is 2. The summed E-state index contributed by atoms with van der Waals surface area (Å²) in [7, 11) is -1.62. The second-order valence-corrected chi connectivity index (χ2v) is 7.64. The van der Waals surface area contributed by atoms with Crippen LogP contribution in [0.25, 0.3) is 0 Å². The largest absolute Gasteiger partial charge is 0.493 e. The van der Waals surface area contributed by atoms with Crippen LogP contribution in [0.15, 0.2) is 65.7 Å². The fourth-order valence-corrected chi connectivity index (χ4v) is 3.74. The Labute approximate surface area is 172 Å². The lowest BCUT2D eigenvalue weighted by Crippen LogP contribution is -2.18. The van der Waals surface area contributed by atoms with Crippen LogP contribution in [-0.4, -0.2) is 33.5 Å². The van der Waals surface area contributed by atoms with Crippen LogP contribution < -0.4 is 19.5 Å². The number of carbonyl (C=O) groups is 1. The summed E-state index contributed by atoms with van der Waals surface area (Å²) >= 11 is 0. The number of hydrogen-bond donors (Lipinski definition) is 2. The van der Waals surface area contributed by atoms with E-state index < -0.39 is 21.7 Å². The fraction of sp³-hybridized carbons (Fsp3) is 0.100. The van der Waals surface area contributed by atoms with Crippen LogP contribution in [0, 0.1) is 5.82 Å². The number of aromatic nitrogens is 1. The molecule has 0 saturated heterocycles. The Hall–Kier alpha value is -3.66. The normalized spacial score (nSPS) is 10.9. The molecule has 0 radical (unpaired) electrons. The van der Waals surface area contributed by atoms with Gasteiger partial charge in [-0.05, 0) is 30.3 Å². The van der Waals surface area contributed by atoms with Gasteiger partial charge in [0, 0.05) is 12.3 Å². The van der Waals surface area contributed by atoms with Gasteiger partial charge in [0.15, 0.2) is 11.5 Å². The Morgan fingerprint density at radius 3 is 2.40 bits per heavy atom. The van der Waals surface area contributed by atoms with E-state index in [9.17, 15) is 17.6 Å². The maximum atomic E-state index is 13.9. The number of sulfonamides is 1. The standard InChI is InChI=1S/C20H18FN3O5S/c1-28-17-12-13(30(26,27)24-16-8-4-3-7-15(16)21)11-14(19(17)29-2)20(25)23-18-9-5-6-10-22-18/h3-12,24H,1-2H3,(H,22,23,25). The van der Waals surface area contributed by atoms with E-state index in [1.165, 1.54) is 44.7 Å². The molecule has 0 atom stereocenters. The first-order valence-electron chi connectivity index (χ1n) is 8.61. The van der Waals surface area contributed by atoms with Crippen molar-refractivity contribution in [1.29, 1.82) is 0 Å². The first-order valence-corrected chi connectivity index (χ1v) is 10.1. The van der Waals surface area contributed by atoms with Crippen molar-refractivity contribution in [2.75, 3.05) is 24.3 Å². The SMILES string of the molecule is COc1cc(S(=O)(=O)Nc2ccccc2F)cc(C(=O)Nc2ccccn2)c1OC. The molecule has 2 N–H and O–H groups in total. The van der Waals surface area contributed by atoms with Gasteiger partial charge in [0.25, 0.3) is 15.9 Å². The molecule has 0 aliphatic rings. The van der Waals surface area contributed by atoms with E-state index in [1.807, 2.05) is 0 Å². The van der Waals surface area contributed by atoms with Crippen LogP contribution in [0.5, 0.6) is 11.5 Å². The van der Waals surface area contributed by atoms with Gasteiger partial charge in [0.2, 0.25) is 0 Å². The molecule has 1 heterocycles. The van der Waals surface area contributed by atoms with Crippen LogP contribution in [-0.2, 0) is 10.0 Å². The third-order valence-electron chi connectivity index (χ3n) is 4.03. The van der Waals surface area contributed by atoms with Gasteiger partial charge in [-0.15, -0.1) is 0 Å². The van der Waals surface area contributed by atoms with Crippen LogP contribution in [0.4, 0.5) is 15.9 Å². The van der Waals surface area contributed by atoms with Gasteiger partial charge in [0.05, 0.1) is 30.4 Å². The van der Waals surface area contributed by atoms with E-state index in [0.717, 1.165) is 12.1 Å². The number of para-hydroxylation sites is 1. The lowest BCUT2D eigenvalue weighted by atomic mass is 10.1. The Bertz CT molecular complexity index is 1170. The Kier molecular flexibility index (Phi) is 6.17. The van der Waals surface area contributed by atoms with Crippen LogP contribution in [0.1, 0.15) is 10.4 Å². The predicted octanol–water partition coefficient (Wildman–Crippen LogP) is 3.29. The molecule has 0 spiro atoms. The van der Waals surface area contributed by atoms with Gasteiger partial charge in [-0.1, -0.05) is 18.2 Å². The van der Waals surface area contributed by atoms with E-state index in [4.69, 9.17) is 9.47 Å². The third-order valence-corrected chi connectivity index (χ3v) is 5.38. The third kappa shape index (κ3) is 4.49. The van der Waals surface area contributed by atoms with Crippen molar-refractivity contribution >= 4 is 27.4 Å². The van der Waals surface area contributed by atoms with Crippen LogP contribution in [0.2, 0.25) is 0 Å². The van der Waals surface area contributed by atoms with Gasteiger partial charge in [0.1, 0.15) is 11.6 Å². The van der Waals surface area contributed by atoms with E-state index in [2.05, 4.69) is 15.0 Å². The van der Waals surface area contributed by atoms with Crippen molar-refractivity contribution in [3.63, 3.8) is 0 Å². The zero-order valence-electron chi connectivity index (χ0n) is 16.0. The number of pyridine rings is 1. The molecule has 8 nitrogen and oxygen atoms in total. The number of methoxy groups -OCH3 is 2. The van der Waals surface area contributed by atoms with Crippen molar-refractivity contribution in [3.8, 4) is 11.5 Å². The highest BCUT2D eigenvalue weighted by Gasteiger charge is 2.25. The number of anilines is 2. The minimum absolute atomic E-state index is 0.0140. The highest BCUT2D eigenvalue weighted by molar-refractivity contribution is 7.92. The first-order chi connectivity index (χ1) is 14.4. The quantitative estimate of drug-likeness (QED) is 0.595. The highest BCUT2D eigenvalue weighted by Crippen LogP contribution is 2.35. The van der Waals surface area contributed by atoms with Crippen LogP contribution in [0.3, 0.4) is 0 Å². The fourth-order valence-electron chi connectivity index (χ4n) is 2.63. The number of carbonyl (C=O) groups excluding carboxylic acids is 1. The second kappa shape index (κ2) is 8.78. The summed E-state index contributed by atoms with van der Waals surface area (Å²) in [6.45, 7) is 0. The molecule has 0 aliphatic carbocycles. The summed E-state index contributed by atoms with van der Waals surface area (Å²) in [5, 5.41) is 2.56. The molecule has 1 amide bonds. The number of ether oxygens (including phenoxy) is 2. The average Bonchev–Trinajstić information content (AvgIpc) is 2.74. The van der Waals surface area contributed by atoms with Gasteiger partial charge < -0.3 is 14.8 Å². The van der Waals surface area contributed by atoms with Gasteiger partial charge in [-0.2, -0.15) is 0 Å². The maximum absolute atomic E-state index is 13.9. The zero-order valence-corrected chi connectivity index (χ0v) is 16.9. The molecule has 2 aromatic carbocycles. The summed E-state index contributed by atoms with van der Waals surface area (Å²) in [6, 6.07) is 12.6. The van der Waals surface area contributed by atoms with E-state index in [1.54, 1.807) is 18.2 Å². The molecule has 0 aliphatic heterocycles. The number of benzene rings is 2. The molecule has 3 aromatic rings. The molecule has 10 heteroatoms. The molecule has 0 saturated carbocycles. The molecule has 30 heavy (non-hydrogen) atoms. The van der Waals surface area contributed by atoms with Crippen molar-refractivity contribution in [2.24, 2.45) is 0 Å². The molecule has 156 valence electrons. The highest BCUT2D eigenvalue weighted by atomic mass is 32.2. The number of hydrogen-bond acceptors (Lipinski definition) is 6. The van der Waals surface area contributed by atoms with E-state index >= 15 is 0 Å². The zero-order chi connectivity index (χ0) is 21.7. The Morgan fingerprint density at radius 1 is 1.03 bits per heavy atom. The van der Waals surface area contributed by atoms with Crippen LogP contribution >= 0.6 is 0 Å². The summed E-state index contributed by atoms with van der Waals surface area (Å²) in [5.74, 6) is -1.08. The van der Waals surface area contributed by atoms with E-state index in [-0.39, 0.29) is 33.5 Å². The number of halogens is 1. The first kappa shape index (κ1) is 21.1. The predicted molar refractivity (Wildman–Crippen MR) is 109 cm³/mol. The van der Waals surface area contributed by atoms with Crippen molar-refractivity contribution < 1.29 is 27.1 Å². The van der Waals surface area contributed by atoms with Gasteiger partial charge in [-0.25, -0.2) is 17.8 Å². The number of amides is 1. The lowest BCUT2D eigenvalue weighted by molar-refractivity contribution is 0.102. The van der Waals surface area contributed by atoms with E-state index in [0.29, 0.717) is 0 Å². The second-order valence-electron chi connectivity index (χ2n) is 5.96. The number of nitrogens with zero attached hydrogens (tertiary/aromatic N) is 1. The van der Waals surface area contributed by atoms with Gasteiger partial charge >= 0.3 is 0 Å². The molecule has 1 aromatic heterocycles. The Balaban J connectivity index is 2.04. The average molecular weight is 431 g/mol. The Morgan fingerprint density at radius 2 is 1.77 bits per heavy atom. The molecular formula is C20H18FN3O5S. The van der Waals surface area contributed by atoms with Crippen molar-refractivity contribution in [2.45, 2.75) is 4.90 Å². The lowest BCUT2D eigenvalue weighted by Gasteiger charge is -2.16. The topological polar surface area (TPSA) is 107 Å². The minimum Gasteiger partial charge on any atom is -0.493 e. The summed E-state index contributed by atoms with van der Waals surface area (Å²) in [4.78, 5) is 16.5. The maximum Gasteiger partial charge on any atom is 0.262 e. The van der Waals surface area contributed by atoms with Crippen molar-refractivity contribution in [1.82, 2.24) is 4.98 Å². The molecular weight excluding hydrogens is 413 g/mol.